The lowest BCUT2D eigenvalue weighted by Gasteiger charge is -2.17. The molecule has 98 valence electrons. The first-order valence-electron chi connectivity index (χ1n) is 6.13. The number of anilines is 1. The quantitative estimate of drug-likeness (QED) is 0.840. The lowest BCUT2D eigenvalue weighted by molar-refractivity contribution is -0.124. The number of ether oxygens (including phenoxy) is 1. The molecule has 1 aromatic heterocycles. The predicted molar refractivity (Wildman–Crippen MR) is 67.6 cm³/mol. The van der Waals surface area contributed by atoms with Gasteiger partial charge in [-0.3, -0.25) is 4.79 Å². The number of carbonyl (C=O) groups excluding carboxylic acids is 1. The molecule has 2 heterocycles. The lowest BCUT2D eigenvalue weighted by atomic mass is 10.1. The highest BCUT2D eigenvalue weighted by molar-refractivity contribution is 5.79. The maximum atomic E-state index is 11.8. The number of methoxy groups -OCH3 is 1. The monoisotopic (exact) mass is 250 g/mol. The van der Waals surface area contributed by atoms with Gasteiger partial charge in [-0.2, -0.15) is 0 Å². The van der Waals surface area contributed by atoms with E-state index in [9.17, 15) is 4.79 Å². The second-order valence-electron chi connectivity index (χ2n) is 4.24. The molecular formula is C12H18N4O2. The fourth-order valence-electron chi connectivity index (χ4n) is 2.12. The predicted octanol–water partition coefficient (Wildman–Crippen LogP) is 0.448. The van der Waals surface area contributed by atoms with Crippen molar-refractivity contribution in [3.63, 3.8) is 0 Å². The maximum Gasteiger partial charge on any atom is 0.224 e. The molecule has 1 aliphatic rings. The molecule has 6 nitrogen and oxygen atoms in total. The van der Waals surface area contributed by atoms with E-state index in [1.54, 1.807) is 13.2 Å². The minimum atomic E-state index is 0.0471. The van der Waals surface area contributed by atoms with E-state index in [1.165, 1.54) is 6.33 Å². The Morgan fingerprint density at radius 2 is 2.44 bits per heavy atom. The standard InChI is InChI=1S/C12H18N4O2/c1-3-13-12(17)9-4-5-16(7-9)10-6-11(18-2)15-8-14-10/h6,8-9H,3-5,7H2,1-2H3,(H,13,17)/t9-/m0/s1. The molecule has 1 aromatic rings. The summed E-state index contributed by atoms with van der Waals surface area (Å²) in [5, 5.41) is 2.86. The number of aromatic nitrogens is 2. The van der Waals surface area contributed by atoms with Crippen LogP contribution in [0.15, 0.2) is 12.4 Å². The van der Waals surface area contributed by atoms with Crippen LogP contribution in [0, 0.1) is 5.92 Å². The smallest absolute Gasteiger partial charge is 0.224 e. The molecule has 0 unspecified atom stereocenters. The first-order valence-corrected chi connectivity index (χ1v) is 6.13. The minimum Gasteiger partial charge on any atom is -0.481 e. The van der Waals surface area contributed by atoms with Gasteiger partial charge in [-0.1, -0.05) is 0 Å². The summed E-state index contributed by atoms with van der Waals surface area (Å²) in [5.41, 5.74) is 0. The summed E-state index contributed by atoms with van der Waals surface area (Å²) in [5.74, 6) is 1.53. The van der Waals surface area contributed by atoms with Gasteiger partial charge in [0.05, 0.1) is 13.0 Å². The molecule has 1 saturated heterocycles. The van der Waals surface area contributed by atoms with Crippen molar-refractivity contribution in [2.45, 2.75) is 13.3 Å². The molecule has 1 amide bonds. The Morgan fingerprint density at radius 1 is 1.61 bits per heavy atom. The Balaban J connectivity index is 2.01. The molecule has 1 aliphatic heterocycles. The van der Waals surface area contributed by atoms with Crippen LogP contribution in [0.1, 0.15) is 13.3 Å². The zero-order valence-corrected chi connectivity index (χ0v) is 10.7. The number of carbonyl (C=O) groups is 1. The summed E-state index contributed by atoms with van der Waals surface area (Å²) in [6.45, 7) is 4.14. The van der Waals surface area contributed by atoms with Gasteiger partial charge in [0.25, 0.3) is 0 Å². The van der Waals surface area contributed by atoms with Gasteiger partial charge in [0, 0.05) is 25.7 Å². The van der Waals surface area contributed by atoms with Crippen molar-refractivity contribution in [3.8, 4) is 5.88 Å². The average molecular weight is 250 g/mol. The van der Waals surface area contributed by atoms with Gasteiger partial charge < -0.3 is 15.0 Å². The molecule has 0 bridgehead atoms. The highest BCUT2D eigenvalue weighted by Gasteiger charge is 2.28. The van der Waals surface area contributed by atoms with E-state index in [0.29, 0.717) is 19.0 Å². The number of nitrogens with one attached hydrogen (secondary N) is 1. The Hall–Kier alpha value is -1.85. The van der Waals surface area contributed by atoms with E-state index in [0.717, 1.165) is 18.8 Å². The number of hydrogen-bond acceptors (Lipinski definition) is 5. The summed E-state index contributed by atoms with van der Waals surface area (Å²) < 4.78 is 5.07. The molecule has 0 spiro atoms. The fourth-order valence-corrected chi connectivity index (χ4v) is 2.12. The molecule has 18 heavy (non-hydrogen) atoms. The van der Waals surface area contributed by atoms with Gasteiger partial charge in [0.15, 0.2) is 0 Å². The van der Waals surface area contributed by atoms with Crippen molar-refractivity contribution in [3.05, 3.63) is 12.4 Å². The normalized spacial score (nSPS) is 18.8. The van der Waals surface area contributed by atoms with Crippen molar-refractivity contribution < 1.29 is 9.53 Å². The second-order valence-corrected chi connectivity index (χ2v) is 4.24. The lowest BCUT2D eigenvalue weighted by Crippen LogP contribution is -2.32. The van der Waals surface area contributed by atoms with E-state index in [1.807, 2.05) is 6.92 Å². The third-order valence-corrected chi connectivity index (χ3v) is 3.07. The molecule has 1 N–H and O–H groups in total. The largest absolute Gasteiger partial charge is 0.481 e. The third kappa shape index (κ3) is 2.69. The maximum absolute atomic E-state index is 11.8. The molecule has 1 atom stereocenters. The minimum absolute atomic E-state index is 0.0471. The van der Waals surface area contributed by atoms with Crippen LogP contribution in [-0.2, 0) is 4.79 Å². The summed E-state index contributed by atoms with van der Waals surface area (Å²) in [6, 6.07) is 1.79. The third-order valence-electron chi connectivity index (χ3n) is 3.07. The van der Waals surface area contributed by atoms with Gasteiger partial charge in [-0.25, -0.2) is 9.97 Å². The molecule has 0 aliphatic carbocycles. The average Bonchev–Trinajstić information content (AvgIpc) is 2.89. The van der Waals surface area contributed by atoms with Crippen LogP contribution in [0.25, 0.3) is 0 Å². The van der Waals surface area contributed by atoms with E-state index in [4.69, 9.17) is 4.74 Å². The van der Waals surface area contributed by atoms with Crippen LogP contribution in [0.2, 0.25) is 0 Å². The van der Waals surface area contributed by atoms with E-state index >= 15 is 0 Å². The van der Waals surface area contributed by atoms with Crippen LogP contribution in [0.3, 0.4) is 0 Å². The Kier molecular flexibility index (Phi) is 3.96. The summed E-state index contributed by atoms with van der Waals surface area (Å²) in [6.07, 6.45) is 2.34. The zero-order valence-electron chi connectivity index (χ0n) is 10.7. The van der Waals surface area contributed by atoms with Gasteiger partial charge >= 0.3 is 0 Å². The highest BCUT2D eigenvalue weighted by atomic mass is 16.5. The fraction of sp³-hybridized carbons (Fsp3) is 0.583. The van der Waals surface area contributed by atoms with Crippen molar-refractivity contribution in [2.75, 3.05) is 31.6 Å². The van der Waals surface area contributed by atoms with Gasteiger partial charge in [0.2, 0.25) is 11.8 Å². The molecule has 6 heteroatoms. The SMILES string of the molecule is CCNC(=O)[C@H]1CCN(c2cc(OC)ncn2)C1. The van der Waals surface area contributed by atoms with Crippen molar-refractivity contribution in [1.29, 1.82) is 0 Å². The van der Waals surface area contributed by atoms with Crippen molar-refractivity contribution in [1.82, 2.24) is 15.3 Å². The number of amides is 1. The van der Waals surface area contributed by atoms with Crippen molar-refractivity contribution in [2.24, 2.45) is 5.92 Å². The molecular weight excluding hydrogens is 232 g/mol. The second kappa shape index (κ2) is 5.66. The summed E-state index contributed by atoms with van der Waals surface area (Å²) >= 11 is 0. The molecule has 0 saturated carbocycles. The van der Waals surface area contributed by atoms with Crippen molar-refractivity contribution >= 4 is 11.7 Å². The molecule has 0 radical (unpaired) electrons. The molecule has 1 fully saturated rings. The Morgan fingerprint density at radius 3 is 3.17 bits per heavy atom. The zero-order chi connectivity index (χ0) is 13.0. The topological polar surface area (TPSA) is 67.4 Å². The van der Waals surface area contributed by atoms with Crippen LogP contribution in [0.4, 0.5) is 5.82 Å². The summed E-state index contributed by atoms with van der Waals surface area (Å²) in [7, 11) is 1.58. The number of hydrogen-bond donors (Lipinski definition) is 1. The number of nitrogens with zero attached hydrogens (tertiary/aromatic N) is 3. The van der Waals surface area contributed by atoms with Gasteiger partial charge in [0.1, 0.15) is 12.1 Å². The van der Waals surface area contributed by atoms with E-state index < -0.39 is 0 Å². The Bertz CT molecular complexity index is 424. The van der Waals surface area contributed by atoms with Crippen LogP contribution in [0.5, 0.6) is 5.88 Å². The highest BCUT2D eigenvalue weighted by Crippen LogP contribution is 2.23. The summed E-state index contributed by atoms with van der Waals surface area (Å²) in [4.78, 5) is 22.0. The van der Waals surface area contributed by atoms with E-state index in [2.05, 4.69) is 20.2 Å². The van der Waals surface area contributed by atoms with E-state index in [-0.39, 0.29) is 11.8 Å². The molecule has 0 aromatic carbocycles. The molecule has 2 rings (SSSR count). The van der Waals surface area contributed by atoms with Gasteiger partial charge in [-0.05, 0) is 13.3 Å². The van der Waals surface area contributed by atoms with Crippen LogP contribution in [-0.4, -0.2) is 42.6 Å². The van der Waals surface area contributed by atoms with Crippen LogP contribution < -0.4 is 15.0 Å². The first-order chi connectivity index (χ1) is 8.74. The Labute approximate surface area is 106 Å². The van der Waals surface area contributed by atoms with Crippen LogP contribution >= 0.6 is 0 Å². The number of rotatable bonds is 4. The first kappa shape index (κ1) is 12.6. The van der Waals surface area contributed by atoms with Gasteiger partial charge in [-0.15, -0.1) is 0 Å².